The molecule has 0 aliphatic rings. The molecule has 0 amide bonds. The molecular formula is C12H10BrClN2O. The van der Waals surface area contributed by atoms with E-state index in [0.29, 0.717) is 17.6 Å². The van der Waals surface area contributed by atoms with Gasteiger partial charge < -0.3 is 4.74 Å². The molecule has 0 spiro atoms. The van der Waals surface area contributed by atoms with E-state index in [2.05, 4.69) is 25.9 Å². The van der Waals surface area contributed by atoms with Gasteiger partial charge in [0.05, 0.1) is 12.3 Å². The van der Waals surface area contributed by atoms with Gasteiger partial charge in [-0.1, -0.05) is 45.7 Å². The molecule has 0 radical (unpaired) electrons. The van der Waals surface area contributed by atoms with E-state index in [1.807, 2.05) is 24.3 Å². The van der Waals surface area contributed by atoms with Crippen LogP contribution in [0.3, 0.4) is 0 Å². The van der Waals surface area contributed by atoms with E-state index in [0.717, 1.165) is 15.7 Å². The molecule has 1 heterocycles. The van der Waals surface area contributed by atoms with Crippen LogP contribution >= 0.6 is 27.5 Å². The van der Waals surface area contributed by atoms with Crippen molar-refractivity contribution < 1.29 is 4.74 Å². The Morgan fingerprint density at radius 1 is 1.29 bits per heavy atom. The number of hydrogen-bond donors (Lipinski definition) is 0. The number of halogens is 2. The number of ether oxygens (including phenoxy) is 1. The van der Waals surface area contributed by atoms with Crippen LogP contribution in [0.5, 0.6) is 0 Å². The molecule has 0 aliphatic carbocycles. The molecule has 0 bridgehead atoms. The van der Waals surface area contributed by atoms with Crippen molar-refractivity contribution in [2.75, 3.05) is 7.11 Å². The molecule has 17 heavy (non-hydrogen) atoms. The zero-order valence-corrected chi connectivity index (χ0v) is 11.5. The average Bonchev–Trinajstić information content (AvgIpc) is 2.29. The first-order valence-electron chi connectivity index (χ1n) is 4.98. The minimum absolute atomic E-state index is 0.415. The highest BCUT2D eigenvalue weighted by atomic mass is 79.9. The van der Waals surface area contributed by atoms with Gasteiger partial charge in [0.25, 0.3) is 0 Å². The van der Waals surface area contributed by atoms with Crippen LogP contribution < -0.4 is 0 Å². The molecule has 3 nitrogen and oxygen atoms in total. The van der Waals surface area contributed by atoms with Crippen LogP contribution in [0.1, 0.15) is 5.69 Å². The lowest BCUT2D eigenvalue weighted by atomic mass is 10.2. The highest BCUT2D eigenvalue weighted by molar-refractivity contribution is 9.10. The van der Waals surface area contributed by atoms with Crippen molar-refractivity contribution in [2.45, 2.75) is 6.61 Å². The maximum Gasteiger partial charge on any atom is 0.162 e. The Balaban J connectivity index is 2.48. The third-order valence-electron chi connectivity index (χ3n) is 2.15. The number of hydrogen-bond acceptors (Lipinski definition) is 3. The van der Waals surface area contributed by atoms with Crippen LogP contribution in [0.4, 0.5) is 0 Å². The van der Waals surface area contributed by atoms with Crippen LogP contribution in [0.25, 0.3) is 11.4 Å². The Bertz CT molecular complexity index is 534. The largest absolute Gasteiger partial charge is 0.378 e. The van der Waals surface area contributed by atoms with E-state index in [4.69, 9.17) is 16.3 Å². The first-order chi connectivity index (χ1) is 8.20. The zero-order chi connectivity index (χ0) is 12.3. The first-order valence-corrected chi connectivity index (χ1v) is 6.15. The van der Waals surface area contributed by atoms with Crippen LogP contribution in [-0.2, 0) is 11.3 Å². The van der Waals surface area contributed by atoms with Gasteiger partial charge in [-0.2, -0.15) is 0 Å². The molecule has 0 aliphatic heterocycles. The lowest BCUT2D eigenvalue weighted by Crippen LogP contribution is -1.98. The standard InChI is InChI=1S/C12H10BrClN2O/c1-17-7-8-6-11(14)16-12(15-8)9-4-2-3-5-10(9)13/h2-6H,7H2,1H3. The molecule has 1 aromatic carbocycles. The molecule has 2 aromatic rings. The second-order valence-corrected chi connectivity index (χ2v) is 4.66. The predicted octanol–water partition coefficient (Wildman–Crippen LogP) is 3.71. The number of nitrogens with zero attached hydrogens (tertiary/aromatic N) is 2. The summed E-state index contributed by atoms with van der Waals surface area (Å²) < 4.78 is 5.98. The van der Waals surface area contributed by atoms with Crippen molar-refractivity contribution in [1.82, 2.24) is 9.97 Å². The van der Waals surface area contributed by atoms with E-state index >= 15 is 0 Å². The van der Waals surface area contributed by atoms with Crippen LogP contribution in [0.15, 0.2) is 34.8 Å². The summed E-state index contributed by atoms with van der Waals surface area (Å²) in [5.41, 5.74) is 1.67. The summed E-state index contributed by atoms with van der Waals surface area (Å²) in [5, 5.41) is 0.415. The molecule has 0 N–H and O–H groups in total. The van der Waals surface area contributed by atoms with Crippen molar-refractivity contribution in [3.63, 3.8) is 0 Å². The van der Waals surface area contributed by atoms with E-state index in [-0.39, 0.29) is 0 Å². The smallest absolute Gasteiger partial charge is 0.162 e. The number of benzene rings is 1. The normalized spacial score (nSPS) is 10.5. The summed E-state index contributed by atoms with van der Waals surface area (Å²) in [6.07, 6.45) is 0. The number of methoxy groups -OCH3 is 1. The highest BCUT2D eigenvalue weighted by Gasteiger charge is 2.08. The van der Waals surface area contributed by atoms with Crippen molar-refractivity contribution in [1.29, 1.82) is 0 Å². The quantitative estimate of drug-likeness (QED) is 0.810. The van der Waals surface area contributed by atoms with Gasteiger partial charge in [-0.15, -0.1) is 0 Å². The molecule has 0 fully saturated rings. The molecule has 2 rings (SSSR count). The number of aromatic nitrogens is 2. The Labute approximate surface area is 113 Å². The molecule has 0 saturated heterocycles. The maximum absolute atomic E-state index is 5.97. The zero-order valence-electron chi connectivity index (χ0n) is 9.15. The van der Waals surface area contributed by atoms with Crippen LogP contribution in [0.2, 0.25) is 5.15 Å². The Morgan fingerprint density at radius 2 is 2.06 bits per heavy atom. The van der Waals surface area contributed by atoms with E-state index in [1.54, 1.807) is 13.2 Å². The summed E-state index contributed by atoms with van der Waals surface area (Å²) in [6, 6.07) is 9.45. The van der Waals surface area contributed by atoms with E-state index in [9.17, 15) is 0 Å². The van der Waals surface area contributed by atoms with Gasteiger partial charge in [0.1, 0.15) is 5.15 Å². The molecule has 88 valence electrons. The molecule has 0 saturated carbocycles. The minimum Gasteiger partial charge on any atom is -0.378 e. The second-order valence-electron chi connectivity index (χ2n) is 3.42. The monoisotopic (exact) mass is 312 g/mol. The first kappa shape index (κ1) is 12.5. The SMILES string of the molecule is COCc1cc(Cl)nc(-c2ccccc2Br)n1. The van der Waals surface area contributed by atoms with Gasteiger partial charge in [-0.3, -0.25) is 0 Å². The topological polar surface area (TPSA) is 35.0 Å². The molecular weight excluding hydrogens is 304 g/mol. The fraction of sp³-hybridized carbons (Fsp3) is 0.167. The van der Waals surface area contributed by atoms with Crippen LogP contribution in [0, 0.1) is 0 Å². The van der Waals surface area contributed by atoms with Crippen molar-refractivity contribution in [2.24, 2.45) is 0 Å². The van der Waals surface area contributed by atoms with Gasteiger partial charge in [0.15, 0.2) is 5.82 Å². The van der Waals surface area contributed by atoms with Gasteiger partial charge in [-0.05, 0) is 12.1 Å². The summed E-state index contributed by atoms with van der Waals surface area (Å²) in [5.74, 6) is 0.594. The van der Waals surface area contributed by atoms with Crippen molar-refractivity contribution in [3.05, 3.63) is 45.7 Å². The third kappa shape index (κ3) is 3.03. The Morgan fingerprint density at radius 3 is 2.76 bits per heavy atom. The van der Waals surface area contributed by atoms with Gasteiger partial charge in [0, 0.05) is 17.1 Å². The summed E-state index contributed by atoms with van der Waals surface area (Å²) >= 11 is 9.43. The lowest BCUT2D eigenvalue weighted by molar-refractivity contribution is 0.181. The number of rotatable bonds is 3. The maximum atomic E-state index is 5.97. The Kier molecular flexibility index (Phi) is 4.10. The molecule has 1 aromatic heterocycles. The predicted molar refractivity (Wildman–Crippen MR) is 70.9 cm³/mol. The second kappa shape index (κ2) is 5.58. The summed E-state index contributed by atoms with van der Waals surface area (Å²) in [7, 11) is 1.62. The van der Waals surface area contributed by atoms with Crippen molar-refractivity contribution >= 4 is 27.5 Å². The van der Waals surface area contributed by atoms with E-state index in [1.165, 1.54) is 0 Å². The fourth-order valence-corrected chi connectivity index (χ4v) is 2.12. The van der Waals surface area contributed by atoms with Crippen LogP contribution in [-0.4, -0.2) is 17.1 Å². The summed E-state index contributed by atoms with van der Waals surface area (Å²) in [6.45, 7) is 0.416. The van der Waals surface area contributed by atoms with Crippen molar-refractivity contribution in [3.8, 4) is 11.4 Å². The minimum atomic E-state index is 0.415. The third-order valence-corrected chi connectivity index (χ3v) is 3.04. The summed E-state index contributed by atoms with van der Waals surface area (Å²) in [4.78, 5) is 8.62. The molecule has 0 atom stereocenters. The lowest BCUT2D eigenvalue weighted by Gasteiger charge is -2.06. The Hall–Kier alpha value is -0.970. The average molecular weight is 314 g/mol. The van der Waals surface area contributed by atoms with E-state index < -0.39 is 0 Å². The van der Waals surface area contributed by atoms with Gasteiger partial charge in [0.2, 0.25) is 0 Å². The highest BCUT2D eigenvalue weighted by Crippen LogP contribution is 2.26. The fourth-order valence-electron chi connectivity index (χ4n) is 1.45. The van der Waals surface area contributed by atoms with Gasteiger partial charge >= 0.3 is 0 Å². The molecule has 0 unspecified atom stereocenters. The molecule has 5 heteroatoms. The van der Waals surface area contributed by atoms with Gasteiger partial charge in [-0.25, -0.2) is 9.97 Å².